The lowest BCUT2D eigenvalue weighted by Gasteiger charge is -2.01. The van der Waals surface area contributed by atoms with Gasteiger partial charge in [0.2, 0.25) is 0 Å². The van der Waals surface area contributed by atoms with Crippen LogP contribution in [-0.2, 0) is 0 Å². The third-order valence-electron chi connectivity index (χ3n) is 2.12. The van der Waals surface area contributed by atoms with Gasteiger partial charge in [0.15, 0.2) is 5.13 Å². The summed E-state index contributed by atoms with van der Waals surface area (Å²) in [4.78, 5) is 4.27. The number of nitrogens with zero attached hydrogens (tertiary/aromatic N) is 1. The molecule has 0 fully saturated rings. The van der Waals surface area contributed by atoms with Crippen molar-refractivity contribution in [2.24, 2.45) is 5.84 Å². The monoisotopic (exact) mass is 221 g/mol. The van der Waals surface area contributed by atoms with Crippen molar-refractivity contribution in [3.63, 3.8) is 0 Å². The molecule has 0 aliphatic rings. The SMILES string of the molecule is Cc1cc(-c2csc(NN)n2)ccc1O. The van der Waals surface area contributed by atoms with Gasteiger partial charge >= 0.3 is 0 Å². The molecule has 15 heavy (non-hydrogen) atoms. The molecule has 1 aromatic heterocycles. The molecule has 4 nitrogen and oxygen atoms in total. The lowest BCUT2D eigenvalue weighted by molar-refractivity contribution is 0.471. The molecule has 0 spiro atoms. The minimum atomic E-state index is 0.297. The minimum absolute atomic E-state index is 0.297. The Morgan fingerprint density at radius 1 is 1.47 bits per heavy atom. The lowest BCUT2D eigenvalue weighted by Crippen LogP contribution is -2.05. The molecule has 0 saturated carbocycles. The van der Waals surface area contributed by atoms with E-state index in [2.05, 4.69) is 10.4 Å². The van der Waals surface area contributed by atoms with E-state index in [1.165, 1.54) is 11.3 Å². The number of anilines is 1. The van der Waals surface area contributed by atoms with Crippen LogP contribution >= 0.6 is 11.3 Å². The maximum Gasteiger partial charge on any atom is 0.197 e. The molecule has 5 heteroatoms. The summed E-state index contributed by atoms with van der Waals surface area (Å²) in [6.07, 6.45) is 0. The largest absolute Gasteiger partial charge is 0.508 e. The highest BCUT2D eigenvalue weighted by Gasteiger charge is 2.05. The second-order valence-electron chi connectivity index (χ2n) is 3.18. The van der Waals surface area contributed by atoms with Crippen LogP contribution in [-0.4, -0.2) is 10.1 Å². The Morgan fingerprint density at radius 2 is 2.27 bits per heavy atom. The molecular weight excluding hydrogens is 210 g/mol. The fourth-order valence-electron chi connectivity index (χ4n) is 1.29. The van der Waals surface area contributed by atoms with Crippen LogP contribution < -0.4 is 11.3 Å². The fraction of sp³-hybridized carbons (Fsp3) is 0.100. The second-order valence-corrected chi connectivity index (χ2v) is 4.04. The number of thiazole rings is 1. The summed E-state index contributed by atoms with van der Waals surface area (Å²) >= 11 is 1.44. The van der Waals surface area contributed by atoms with Crippen LogP contribution in [0.4, 0.5) is 5.13 Å². The smallest absolute Gasteiger partial charge is 0.197 e. The number of aromatic hydroxyl groups is 1. The molecule has 2 aromatic rings. The first-order valence-electron chi connectivity index (χ1n) is 4.43. The predicted molar refractivity (Wildman–Crippen MR) is 61.8 cm³/mol. The van der Waals surface area contributed by atoms with Crippen LogP contribution in [0.25, 0.3) is 11.3 Å². The van der Waals surface area contributed by atoms with E-state index in [4.69, 9.17) is 5.84 Å². The summed E-state index contributed by atoms with van der Waals surface area (Å²) < 4.78 is 0. The predicted octanol–water partition coefficient (Wildman–Crippen LogP) is 2.11. The van der Waals surface area contributed by atoms with Gasteiger partial charge in [0.1, 0.15) is 5.75 Å². The molecule has 0 atom stereocenters. The van der Waals surface area contributed by atoms with Gasteiger partial charge in [-0.3, -0.25) is 5.43 Å². The topological polar surface area (TPSA) is 71.2 Å². The molecule has 1 aromatic carbocycles. The summed E-state index contributed by atoms with van der Waals surface area (Å²) in [7, 11) is 0. The number of benzene rings is 1. The van der Waals surface area contributed by atoms with Gasteiger partial charge < -0.3 is 5.11 Å². The number of phenols is 1. The Hall–Kier alpha value is -1.59. The molecule has 0 aliphatic carbocycles. The highest BCUT2D eigenvalue weighted by atomic mass is 32.1. The van der Waals surface area contributed by atoms with E-state index in [-0.39, 0.29) is 0 Å². The van der Waals surface area contributed by atoms with E-state index in [0.29, 0.717) is 10.9 Å². The van der Waals surface area contributed by atoms with Crippen molar-refractivity contribution in [2.45, 2.75) is 6.92 Å². The summed E-state index contributed by atoms with van der Waals surface area (Å²) in [5.74, 6) is 5.55. The Morgan fingerprint density at radius 3 is 2.87 bits per heavy atom. The van der Waals surface area contributed by atoms with Crippen molar-refractivity contribution in [2.75, 3.05) is 5.43 Å². The van der Waals surface area contributed by atoms with Crippen molar-refractivity contribution in [1.29, 1.82) is 0 Å². The standard InChI is InChI=1S/C10H11N3OS/c1-6-4-7(2-3-9(6)14)8-5-15-10(12-8)13-11/h2-5,14H,11H2,1H3,(H,12,13). The van der Waals surface area contributed by atoms with Crippen molar-refractivity contribution < 1.29 is 5.11 Å². The van der Waals surface area contributed by atoms with Crippen LogP contribution in [0.15, 0.2) is 23.6 Å². The molecule has 78 valence electrons. The number of phenolic OH excluding ortho intramolecular Hbond substituents is 1. The lowest BCUT2D eigenvalue weighted by atomic mass is 10.1. The van der Waals surface area contributed by atoms with Crippen LogP contribution in [0, 0.1) is 6.92 Å². The van der Waals surface area contributed by atoms with E-state index in [1.54, 1.807) is 6.07 Å². The zero-order valence-corrected chi connectivity index (χ0v) is 9.01. The number of aryl methyl sites for hydroxylation is 1. The van der Waals surface area contributed by atoms with E-state index in [1.807, 2.05) is 24.4 Å². The molecule has 0 bridgehead atoms. The number of nitrogen functional groups attached to an aromatic ring is 1. The van der Waals surface area contributed by atoms with Crippen molar-refractivity contribution >= 4 is 16.5 Å². The second kappa shape index (κ2) is 3.88. The molecule has 0 aliphatic heterocycles. The number of nitrogens with two attached hydrogens (primary N) is 1. The Kier molecular flexibility index (Phi) is 2.57. The molecule has 0 radical (unpaired) electrons. The van der Waals surface area contributed by atoms with Gasteiger partial charge in [-0.05, 0) is 30.7 Å². The van der Waals surface area contributed by atoms with Crippen molar-refractivity contribution in [1.82, 2.24) is 4.98 Å². The van der Waals surface area contributed by atoms with Crippen molar-refractivity contribution in [3.05, 3.63) is 29.1 Å². The zero-order chi connectivity index (χ0) is 10.8. The van der Waals surface area contributed by atoms with Crippen LogP contribution in [0.2, 0.25) is 0 Å². The molecule has 0 saturated heterocycles. The van der Waals surface area contributed by atoms with E-state index >= 15 is 0 Å². The third kappa shape index (κ3) is 1.93. The van der Waals surface area contributed by atoms with E-state index in [0.717, 1.165) is 16.8 Å². The number of rotatable bonds is 2. The van der Waals surface area contributed by atoms with Crippen LogP contribution in [0.5, 0.6) is 5.75 Å². The molecular formula is C10H11N3OS. The van der Waals surface area contributed by atoms with E-state index in [9.17, 15) is 5.11 Å². The van der Waals surface area contributed by atoms with Gasteiger partial charge in [0.05, 0.1) is 5.69 Å². The number of hydrogen-bond acceptors (Lipinski definition) is 5. The van der Waals surface area contributed by atoms with E-state index < -0.39 is 0 Å². The summed E-state index contributed by atoms with van der Waals surface area (Å²) in [6, 6.07) is 5.39. The van der Waals surface area contributed by atoms with Crippen molar-refractivity contribution in [3.8, 4) is 17.0 Å². The summed E-state index contributed by atoms with van der Waals surface area (Å²) in [5, 5.41) is 12.0. The molecule has 0 unspecified atom stereocenters. The highest BCUT2D eigenvalue weighted by molar-refractivity contribution is 7.14. The third-order valence-corrected chi connectivity index (χ3v) is 2.89. The molecule has 2 rings (SSSR count). The molecule has 4 N–H and O–H groups in total. The van der Waals surface area contributed by atoms with Gasteiger partial charge in [-0.1, -0.05) is 0 Å². The number of aromatic nitrogens is 1. The van der Waals surface area contributed by atoms with Gasteiger partial charge in [-0.25, -0.2) is 10.8 Å². The summed E-state index contributed by atoms with van der Waals surface area (Å²) in [5.41, 5.74) is 5.17. The maximum atomic E-state index is 9.39. The number of hydrazine groups is 1. The Balaban J connectivity index is 2.40. The maximum absolute atomic E-state index is 9.39. The van der Waals surface area contributed by atoms with Crippen LogP contribution in [0.1, 0.15) is 5.56 Å². The van der Waals surface area contributed by atoms with Crippen LogP contribution in [0.3, 0.4) is 0 Å². The average Bonchev–Trinajstić information content (AvgIpc) is 2.70. The highest BCUT2D eigenvalue weighted by Crippen LogP contribution is 2.27. The number of nitrogens with one attached hydrogen (secondary N) is 1. The first-order chi connectivity index (χ1) is 7.20. The van der Waals surface area contributed by atoms with Gasteiger partial charge in [0, 0.05) is 10.9 Å². The molecule has 0 amide bonds. The minimum Gasteiger partial charge on any atom is -0.508 e. The number of hydrogen-bond donors (Lipinski definition) is 3. The Labute approximate surface area is 91.4 Å². The summed E-state index contributed by atoms with van der Waals surface area (Å²) in [6.45, 7) is 1.85. The van der Waals surface area contributed by atoms with Gasteiger partial charge in [0.25, 0.3) is 0 Å². The first-order valence-corrected chi connectivity index (χ1v) is 5.31. The zero-order valence-electron chi connectivity index (χ0n) is 8.19. The van der Waals surface area contributed by atoms with Gasteiger partial charge in [-0.15, -0.1) is 11.3 Å². The normalized spacial score (nSPS) is 10.3. The Bertz CT molecular complexity index is 481. The first kappa shape index (κ1) is 9.95. The molecule has 1 heterocycles. The van der Waals surface area contributed by atoms with Gasteiger partial charge in [-0.2, -0.15) is 0 Å². The fourth-order valence-corrected chi connectivity index (χ4v) is 1.92. The average molecular weight is 221 g/mol. The quantitative estimate of drug-likeness (QED) is 0.536.